The number of amides is 1. The van der Waals surface area contributed by atoms with E-state index in [0.29, 0.717) is 13.0 Å². The molecule has 2 aromatic carbocycles. The van der Waals surface area contributed by atoms with Crippen molar-refractivity contribution in [1.29, 1.82) is 0 Å². The number of sulfonamides is 1. The van der Waals surface area contributed by atoms with Crippen LogP contribution in [0.4, 0.5) is 5.69 Å². The predicted molar refractivity (Wildman–Crippen MR) is 106 cm³/mol. The fraction of sp³-hybridized carbons (Fsp3) is 0.111. The number of nitrogens with zero attached hydrogens (tertiary/aromatic N) is 1. The first kappa shape index (κ1) is 19.1. The van der Waals surface area contributed by atoms with Gasteiger partial charge >= 0.3 is 0 Å². The Balaban J connectivity index is 1.66. The van der Waals surface area contributed by atoms with Crippen LogP contribution in [0.25, 0.3) is 0 Å². The molecule has 1 aromatic heterocycles. The lowest BCUT2D eigenvalue weighted by atomic mass is 10.1. The molecule has 0 aliphatic heterocycles. The third-order valence-corrected chi connectivity index (χ3v) is 5.68. The van der Waals surface area contributed by atoms with Gasteiger partial charge < -0.3 is 5.32 Å². The number of hydrogen-bond donors (Lipinski definition) is 3. The smallest absolute Gasteiger partial charge is 0.273 e. The van der Waals surface area contributed by atoms with E-state index >= 15 is 0 Å². The highest BCUT2D eigenvalue weighted by molar-refractivity contribution is 9.10. The van der Waals surface area contributed by atoms with Gasteiger partial charge in [-0.25, -0.2) is 8.42 Å². The van der Waals surface area contributed by atoms with Crippen molar-refractivity contribution in [1.82, 2.24) is 15.5 Å². The second-order valence-corrected chi connectivity index (χ2v) is 8.30. The topological polar surface area (TPSA) is 104 Å². The number of aromatic amines is 1. The van der Waals surface area contributed by atoms with Gasteiger partial charge in [0.25, 0.3) is 15.9 Å². The molecule has 0 saturated heterocycles. The molecule has 0 aliphatic rings. The summed E-state index contributed by atoms with van der Waals surface area (Å²) in [6.07, 6.45) is 2.00. The van der Waals surface area contributed by atoms with Crippen LogP contribution >= 0.6 is 15.9 Å². The van der Waals surface area contributed by atoms with Crippen LogP contribution in [0.5, 0.6) is 0 Å². The zero-order valence-electron chi connectivity index (χ0n) is 14.1. The van der Waals surface area contributed by atoms with E-state index in [1.165, 1.54) is 18.3 Å². The minimum absolute atomic E-state index is 0.0104. The highest BCUT2D eigenvalue weighted by Gasteiger charge is 2.20. The van der Waals surface area contributed by atoms with Crippen molar-refractivity contribution < 1.29 is 13.2 Å². The quantitative estimate of drug-likeness (QED) is 0.516. The van der Waals surface area contributed by atoms with Crippen LogP contribution in [-0.4, -0.2) is 31.1 Å². The molecule has 140 valence electrons. The third-order valence-electron chi connectivity index (χ3n) is 3.77. The molecule has 9 heteroatoms. The van der Waals surface area contributed by atoms with Gasteiger partial charge in [0, 0.05) is 17.2 Å². The number of aromatic nitrogens is 2. The Morgan fingerprint density at radius 2 is 1.78 bits per heavy atom. The lowest BCUT2D eigenvalue weighted by Gasteiger charge is -2.09. The molecular weight excluding hydrogens is 432 g/mol. The minimum atomic E-state index is -3.83. The van der Waals surface area contributed by atoms with E-state index in [-0.39, 0.29) is 16.3 Å². The summed E-state index contributed by atoms with van der Waals surface area (Å²) in [5, 5.41) is 9.13. The van der Waals surface area contributed by atoms with E-state index < -0.39 is 15.9 Å². The van der Waals surface area contributed by atoms with Crippen molar-refractivity contribution in [2.24, 2.45) is 0 Å². The standard InChI is InChI=1S/C18H17BrN4O3S/c19-14-6-8-15(9-7-14)27(25,26)23-16-12-21-22-17(16)18(24)20-11-10-13-4-2-1-3-5-13/h1-9,12,23H,10-11H2,(H,20,24)(H,21,22). The van der Waals surface area contributed by atoms with Gasteiger partial charge in [-0.15, -0.1) is 0 Å². The van der Waals surface area contributed by atoms with Crippen LogP contribution < -0.4 is 10.0 Å². The van der Waals surface area contributed by atoms with Crippen molar-refractivity contribution in [2.45, 2.75) is 11.3 Å². The molecule has 3 rings (SSSR count). The summed E-state index contributed by atoms with van der Waals surface area (Å²) in [4.78, 5) is 12.4. The predicted octanol–water partition coefficient (Wildman–Crippen LogP) is 2.95. The van der Waals surface area contributed by atoms with E-state index in [0.717, 1.165) is 10.0 Å². The van der Waals surface area contributed by atoms with Crippen molar-refractivity contribution in [3.05, 3.63) is 76.5 Å². The van der Waals surface area contributed by atoms with Crippen molar-refractivity contribution in [3.8, 4) is 0 Å². The summed E-state index contributed by atoms with van der Waals surface area (Å²) in [7, 11) is -3.83. The van der Waals surface area contributed by atoms with Crippen molar-refractivity contribution in [2.75, 3.05) is 11.3 Å². The maximum Gasteiger partial charge on any atom is 0.273 e. The summed E-state index contributed by atoms with van der Waals surface area (Å²) in [6.45, 7) is 0.411. The number of rotatable bonds is 7. The maximum atomic E-state index is 12.5. The summed E-state index contributed by atoms with van der Waals surface area (Å²) in [5.41, 5.74) is 1.18. The molecule has 3 N–H and O–H groups in total. The highest BCUT2D eigenvalue weighted by atomic mass is 79.9. The second-order valence-electron chi connectivity index (χ2n) is 5.70. The lowest BCUT2D eigenvalue weighted by molar-refractivity contribution is 0.0950. The number of carbonyl (C=O) groups is 1. The number of anilines is 1. The van der Waals surface area contributed by atoms with E-state index in [2.05, 4.69) is 36.2 Å². The summed E-state index contributed by atoms with van der Waals surface area (Å²) >= 11 is 3.26. The van der Waals surface area contributed by atoms with Crippen LogP contribution in [0.2, 0.25) is 0 Å². The van der Waals surface area contributed by atoms with Gasteiger partial charge in [-0.3, -0.25) is 14.6 Å². The summed E-state index contributed by atoms with van der Waals surface area (Å²) in [5.74, 6) is -0.458. The Kier molecular flexibility index (Phi) is 5.92. The average molecular weight is 449 g/mol. The third kappa shape index (κ3) is 4.95. The SMILES string of the molecule is O=C(NCCc1ccccc1)c1n[nH]cc1NS(=O)(=O)c1ccc(Br)cc1. The molecule has 27 heavy (non-hydrogen) atoms. The Morgan fingerprint density at radius 1 is 1.07 bits per heavy atom. The zero-order valence-corrected chi connectivity index (χ0v) is 16.5. The number of H-pyrrole nitrogens is 1. The molecule has 0 saturated carbocycles. The fourth-order valence-electron chi connectivity index (χ4n) is 2.41. The van der Waals surface area contributed by atoms with Crippen LogP contribution in [-0.2, 0) is 16.4 Å². The lowest BCUT2D eigenvalue weighted by Crippen LogP contribution is -2.27. The maximum absolute atomic E-state index is 12.5. The van der Waals surface area contributed by atoms with Crippen LogP contribution in [0.3, 0.4) is 0 Å². The Hall–Kier alpha value is -2.65. The molecule has 1 amide bonds. The van der Waals surface area contributed by atoms with E-state index in [4.69, 9.17) is 0 Å². The van der Waals surface area contributed by atoms with Gasteiger partial charge in [0.1, 0.15) is 0 Å². The number of halogens is 1. The van der Waals surface area contributed by atoms with Crippen LogP contribution in [0, 0.1) is 0 Å². The molecule has 3 aromatic rings. The average Bonchev–Trinajstić information content (AvgIpc) is 3.10. The summed E-state index contributed by atoms with van der Waals surface area (Å²) < 4.78 is 28.1. The molecule has 0 fully saturated rings. The molecular formula is C18H17BrN4O3S. The van der Waals surface area contributed by atoms with E-state index in [1.807, 2.05) is 30.3 Å². The van der Waals surface area contributed by atoms with Gasteiger partial charge in [0.2, 0.25) is 0 Å². The second kappa shape index (κ2) is 8.36. The normalized spacial score (nSPS) is 11.1. The van der Waals surface area contributed by atoms with E-state index in [1.54, 1.807) is 12.1 Å². The molecule has 0 spiro atoms. The van der Waals surface area contributed by atoms with Crippen molar-refractivity contribution in [3.63, 3.8) is 0 Å². The van der Waals surface area contributed by atoms with Crippen LogP contribution in [0.15, 0.2) is 70.2 Å². The molecule has 1 heterocycles. The van der Waals surface area contributed by atoms with E-state index in [9.17, 15) is 13.2 Å². The largest absolute Gasteiger partial charge is 0.350 e. The Labute approximate surface area is 165 Å². The minimum Gasteiger partial charge on any atom is -0.350 e. The molecule has 0 atom stereocenters. The fourth-order valence-corrected chi connectivity index (χ4v) is 3.73. The van der Waals surface area contributed by atoms with Gasteiger partial charge in [-0.05, 0) is 36.2 Å². The van der Waals surface area contributed by atoms with Gasteiger partial charge in [-0.1, -0.05) is 46.3 Å². The first-order chi connectivity index (χ1) is 13.0. The van der Waals surface area contributed by atoms with Gasteiger partial charge in [0.05, 0.1) is 10.6 Å². The molecule has 0 unspecified atom stereocenters. The summed E-state index contributed by atoms with van der Waals surface area (Å²) in [6, 6.07) is 15.9. The molecule has 0 aliphatic carbocycles. The zero-order chi connectivity index (χ0) is 19.3. The number of nitrogens with one attached hydrogen (secondary N) is 3. The Bertz CT molecular complexity index is 1020. The number of carbonyl (C=O) groups excluding carboxylic acids is 1. The Morgan fingerprint density at radius 3 is 2.48 bits per heavy atom. The molecule has 0 bridgehead atoms. The van der Waals surface area contributed by atoms with Gasteiger partial charge in [-0.2, -0.15) is 5.10 Å². The van der Waals surface area contributed by atoms with Crippen LogP contribution in [0.1, 0.15) is 16.1 Å². The first-order valence-electron chi connectivity index (χ1n) is 8.10. The molecule has 0 radical (unpaired) electrons. The molecule has 7 nitrogen and oxygen atoms in total. The first-order valence-corrected chi connectivity index (χ1v) is 10.4. The highest BCUT2D eigenvalue weighted by Crippen LogP contribution is 2.20. The monoisotopic (exact) mass is 448 g/mol. The number of hydrogen-bond acceptors (Lipinski definition) is 4. The van der Waals surface area contributed by atoms with Gasteiger partial charge in [0.15, 0.2) is 5.69 Å². The number of benzene rings is 2. The van der Waals surface area contributed by atoms with Crippen molar-refractivity contribution >= 4 is 37.5 Å².